The van der Waals surface area contributed by atoms with E-state index in [1.54, 1.807) is 0 Å². The molecule has 0 radical (unpaired) electrons. The van der Waals surface area contributed by atoms with Crippen molar-refractivity contribution in [3.8, 4) is 0 Å². The lowest BCUT2D eigenvalue weighted by molar-refractivity contribution is 0.225. The van der Waals surface area contributed by atoms with Gasteiger partial charge in [-0.15, -0.1) is 0 Å². The van der Waals surface area contributed by atoms with Gasteiger partial charge in [-0.2, -0.15) is 5.10 Å². The third-order valence-electron chi connectivity index (χ3n) is 4.08. The number of aryl methyl sites for hydroxylation is 1. The van der Waals surface area contributed by atoms with Crippen LogP contribution in [0.15, 0.2) is 12.3 Å². The Morgan fingerprint density at radius 1 is 1.47 bits per heavy atom. The van der Waals surface area contributed by atoms with Crippen molar-refractivity contribution in [3.05, 3.63) is 18.0 Å². The summed E-state index contributed by atoms with van der Waals surface area (Å²) in [6.45, 7) is 5.37. The minimum absolute atomic E-state index is 0.255. The van der Waals surface area contributed by atoms with Crippen molar-refractivity contribution in [2.45, 2.75) is 52.1 Å². The van der Waals surface area contributed by atoms with E-state index < -0.39 is 0 Å². The first-order valence-corrected chi connectivity index (χ1v) is 6.74. The van der Waals surface area contributed by atoms with Gasteiger partial charge in [0.05, 0.1) is 11.7 Å². The summed E-state index contributed by atoms with van der Waals surface area (Å²) < 4.78 is 2.04. The van der Waals surface area contributed by atoms with Gasteiger partial charge in [-0.3, -0.25) is 16.0 Å². The van der Waals surface area contributed by atoms with E-state index in [2.05, 4.69) is 30.4 Å². The number of nitrogens with zero attached hydrogens (tertiary/aromatic N) is 2. The summed E-state index contributed by atoms with van der Waals surface area (Å²) in [7, 11) is 0. The molecule has 1 aliphatic rings. The molecule has 3 N–H and O–H groups in total. The number of hydrogen-bond donors (Lipinski definition) is 2. The maximum Gasteiger partial charge on any atom is 0.0657 e. The van der Waals surface area contributed by atoms with Crippen LogP contribution in [0.5, 0.6) is 0 Å². The molecule has 17 heavy (non-hydrogen) atoms. The summed E-state index contributed by atoms with van der Waals surface area (Å²) in [4.78, 5) is 0. The number of hydrogen-bond acceptors (Lipinski definition) is 3. The summed E-state index contributed by atoms with van der Waals surface area (Å²) in [5, 5.41) is 4.33. The van der Waals surface area contributed by atoms with Crippen LogP contribution in [-0.2, 0) is 6.54 Å². The molecule has 0 aromatic carbocycles. The van der Waals surface area contributed by atoms with Gasteiger partial charge in [0.2, 0.25) is 0 Å². The summed E-state index contributed by atoms with van der Waals surface area (Å²) in [6, 6.07) is 2.34. The highest BCUT2D eigenvalue weighted by atomic mass is 15.3. The first-order chi connectivity index (χ1) is 8.26. The third kappa shape index (κ3) is 2.69. The topological polar surface area (TPSA) is 55.9 Å². The number of nitrogens with two attached hydrogens (primary N) is 1. The van der Waals surface area contributed by atoms with Gasteiger partial charge in [0.1, 0.15) is 0 Å². The van der Waals surface area contributed by atoms with Crippen molar-refractivity contribution < 1.29 is 0 Å². The van der Waals surface area contributed by atoms with Gasteiger partial charge >= 0.3 is 0 Å². The summed E-state index contributed by atoms with van der Waals surface area (Å²) in [5.74, 6) is 7.29. The molecule has 96 valence electrons. The van der Waals surface area contributed by atoms with Crippen molar-refractivity contribution in [3.63, 3.8) is 0 Å². The van der Waals surface area contributed by atoms with Crippen molar-refractivity contribution >= 4 is 0 Å². The predicted molar refractivity (Wildman–Crippen MR) is 69.1 cm³/mol. The Bertz CT molecular complexity index is 339. The van der Waals surface area contributed by atoms with Crippen LogP contribution < -0.4 is 11.3 Å². The lowest BCUT2D eigenvalue weighted by Gasteiger charge is -2.32. The van der Waals surface area contributed by atoms with E-state index in [1.165, 1.54) is 31.4 Å². The molecule has 1 unspecified atom stereocenters. The Labute approximate surface area is 104 Å². The molecule has 1 saturated carbocycles. The van der Waals surface area contributed by atoms with Crippen LogP contribution in [0.25, 0.3) is 0 Å². The van der Waals surface area contributed by atoms with Crippen molar-refractivity contribution in [2.24, 2.45) is 17.7 Å². The molecule has 1 aliphatic carbocycles. The second kappa shape index (κ2) is 5.65. The van der Waals surface area contributed by atoms with E-state index >= 15 is 0 Å². The van der Waals surface area contributed by atoms with E-state index in [4.69, 9.17) is 5.84 Å². The Hall–Kier alpha value is -0.870. The normalized spacial score (nSPS) is 27.0. The molecule has 1 aromatic heterocycles. The Kier molecular flexibility index (Phi) is 4.18. The molecule has 0 spiro atoms. The van der Waals surface area contributed by atoms with E-state index in [9.17, 15) is 0 Å². The van der Waals surface area contributed by atoms with Crippen LogP contribution in [0.2, 0.25) is 0 Å². The van der Waals surface area contributed by atoms with Gasteiger partial charge in [-0.1, -0.05) is 19.8 Å². The van der Waals surface area contributed by atoms with E-state index in [-0.39, 0.29) is 6.04 Å². The molecule has 1 atom stereocenters. The van der Waals surface area contributed by atoms with Gasteiger partial charge in [0, 0.05) is 12.7 Å². The van der Waals surface area contributed by atoms with Crippen LogP contribution in [-0.4, -0.2) is 9.78 Å². The fourth-order valence-corrected chi connectivity index (χ4v) is 2.95. The molecule has 0 amide bonds. The SMILES string of the molecule is CCn1nccc1C(NN)C1CCC(C)CC1. The second-order valence-corrected chi connectivity index (χ2v) is 5.24. The number of nitrogens with one attached hydrogen (secondary N) is 1. The zero-order valence-corrected chi connectivity index (χ0v) is 10.9. The second-order valence-electron chi connectivity index (χ2n) is 5.24. The fourth-order valence-electron chi connectivity index (χ4n) is 2.95. The van der Waals surface area contributed by atoms with Crippen LogP contribution in [0, 0.1) is 11.8 Å². The monoisotopic (exact) mass is 236 g/mol. The first kappa shape index (κ1) is 12.6. The average molecular weight is 236 g/mol. The van der Waals surface area contributed by atoms with Gasteiger partial charge in [0.25, 0.3) is 0 Å². The minimum atomic E-state index is 0.255. The number of rotatable bonds is 4. The maximum atomic E-state index is 5.76. The maximum absolute atomic E-state index is 5.76. The highest BCUT2D eigenvalue weighted by molar-refractivity contribution is 5.08. The highest BCUT2D eigenvalue weighted by Crippen LogP contribution is 2.36. The largest absolute Gasteiger partial charge is 0.271 e. The average Bonchev–Trinajstić information content (AvgIpc) is 2.81. The Balaban J connectivity index is 2.10. The van der Waals surface area contributed by atoms with Crippen molar-refractivity contribution in [1.29, 1.82) is 0 Å². The summed E-state index contributed by atoms with van der Waals surface area (Å²) in [6.07, 6.45) is 7.05. The molecular weight excluding hydrogens is 212 g/mol. The van der Waals surface area contributed by atoms with Crippen molar-refractivity contribution in [1.82, 2.24) is 15.2 Å². The van der Waals surface area contributed by atoms with Gasteiger partial charge in [-0.25, -0.2) is 0 Å². The molecular formula is C13H24N4. The molecule has 4 nitrogen and oxygen atoms in total. The predicted octanol–water partition coefficient (Wildman–Crippen LogP) is 2.23. The molecule has 0 saturated heterocycles. The van der Waals surface area contributed by atoms with E-state index in [0.717, 1.165) is 12.5 Å². The van der Waals surface area contributed by atoms with E-state index in [0.29, 0.717) is 5.92 Å². The standard InChI is InChI=1S/C13H24N4/c1-3-17-12(8-9-15-17)13(16-14)11-6-4-10(2)5-7-11/h8-11,13,16H,3-7,14H2,1-2H3. The summed E-state index contributed by atoms with van der Waals surface area (Å²) in [5.41, 5.74) is 4.23. The lowest BCUT2D eigenvalue weighted by Crippen LogP contribution is -2.36. The van der Waals surface area contributed by atoms with Crippen LogP contribution >= 0.6 is 0 Å². The van der Waals surface area contributed by atoms with Crippen LogP contribution in [0.1, 0.15) is 51.3 Å². The smallest absolute Gasteiger partial charge is 0.0657 e. The lowest BCUT2D eigenvalue weighted by atomic mass is 9.78. The Morgan fingerprint density at radius 3 is 2.76 bits per heavy atom. The molecule has 0 bridgehead atoms. The zero-order chi connectivity index (χ0) is 12.3. The van der Waals surface area contributed by atoms with Crippen LogP contribution in [0.4, 0.5) is 0 Å². The third-order valence-corrected chi connectivity index (χ3v) is 4.08. The highest BCUT2D eigenvalue weighted by Gasteiger charge is 2.28. The first-order valence-electron chi connectivity index (χ1n) is 6.74. The molecule has 2 rings (SSSR count). The fraction of sp³-hybridized carbons (Fsp3) is 0.769. The molecule has 1 heterocycles. The summed E-state index contributed by atoms with van der Waals surface area (Å²) >= 11 is 0. The van der Waals surface area contributed by atoms with Crippen molar-refractivity contribution in [2.75, 3.05) is 0 Å². The number of hydrazine groups is 1. The molecule has 0 aliphatic heterocycles. The van der Waals surface area contributed by atoms with Gasteiger partial charge in [0.15, 0.2) is 0 Å². The van der Waals surface area contributed by atoms with E-state index in [1.807, 2.05) is 10.9 Å². The van der Waals surface area contributed by atoms with Gasteiger partial charge < -0.3 is 0 Å². The van der Waals surface area contributed by atoms with Crippen LogP contribution in [0.3, 0.4) is 0 Å². The molecule has 4 heteroatoms. The minimum Gasteiger partial charge on any atom is -0.271 e. The number of aromatic nitrogens is 2. The molecule has 1 fully saturated rings. The quantitative estimate of drug-likeness (QED) is 0.622. The zero-order valence-electron chi connectivity index (χ0n) is 10.9. The Morgan fingerprint density at radius 2 is 2.18 bits per heavy atom. The van der Waals surface area contributed by atoms with Gasteiger partial charge in [-0.05, 0) is 37.7 Å². The molecule has 1 aromatic rings.